The van der Waals surface area contributed by atoms with Gasteiger partial charge in [-0.3, -0.25) is 0 Å². The summed E-state index contributed by atoms with van der Waals surface area (Å²) in [6, 6.07) is 15.7. The van der Waals surface area contributed by atoms with Crippen LogP contribution in [0.2, 0.25) is 0 Å². The maximum absolute atomic E-state index is 8.38. The second-order valence-corrected chi connectivity index (χ2v) is 3.53. The Morgan fingerprint density at radius 2 is 1.69 bits per heavy atom. The molecule has 0 spiro atoms. The molecule has 2 heteroatoms. The Morgan fingerprint density at radius 1 is 1.00 bits per heavy atom. The van der Waals surface area contributed by atoms with E-state index in [1.54, 1.807) is 18.4 Å². The third-order valence-corrected chi connectivity index (χ3v) is 2.47. The molecule has 78 valence electrons. The summed E-state index contributed by atoms with van der Waals surface area (Å²) < 4.78 is 4.73. The number of hydrogen-bond donors (Lipinski definition) is 0. The maximum atomic E-state index is 8.38. The lowest BCUT2D eigenvalue weighted by Gasteiger charge is -2.05. The minimum atomic E-state index is 0.569. The van der Waals surface area contributed by atoms with Crippen LogP contribution in [0.15, 0.2) is 48.5 Å². The molecule has 0 fully saturated rings. The smallest absolute Gasteiger partial charge is 0.292 e. The molecule has 0 N–H and O–H groups in total. The van der Waals surface area contributed by atoms with Crippen LogP contribution in [0, 0.1) is 18.4 Å². The molecule has 0 saturated heterocycles. The van der Waals surface area contributed by atoms with Gasteiger partial charge in [-0.05, 0) is 35.7 Å². The van der Waals surface area contributed by atoms with Crippen LogP contribution in [0.1, 0.15) is 5.56 Å². The molecule has 0 bridgehead atoms. The van der Waals surface area contributed by atoms with Crippen LogP contribution in [0.5, 0.6) is 5.75 Å². The normalized spacial score (nSPS) is 9.50. The average molecular weight is 209 g/mol. The first kappa shape index (κ1) is 10.3. The van der Waals surface area contributed by atoms with Crippen LogP contribution in [-0.4, -0.2) is 0 Å². The van der Waals surface area contributed by atoms with E-state index in [1.165, 1.54) is 11.1 Å². The molecular weight excluding hydrogens is 198 g/mol. The van der Waals surface area contributed by atoms with Crippen LogP contribution in [0.3, 0.4) is 0 Å². The Bertz CT molecular complexity index is 523. The molecule has 2 rings (SSSR count). The minimum Gasteiger partial charge on any atom is -0.388 e. The summed E-state index contributed by atoms with van der Waals surface area (Å²) in [7, 11) is 0. The topological polar surface area (TPSA) is 33.0 Å². The number of benzene rings is 2. The van der Waals surface area contributed by atoms with Gasteiger partial charge in [0.2, 0.25) is 0 Å². The van der Waals surface area contributed by atoms with Crippen molar-refractivity contribution in [1.29, 1.82) is 5.26 Å². The number of hydrogen-bond acceptors (Lipinski definition) is 2. The summed E-state index contributed by atoms with van der Waals surface area (Å²) >= 11 is 0. The Balaban J connectivity index is 2.36. The van der Waals surface area contributed by atoms with E-state index in [4.69, 9.17) is 10.00 Å². The van der Waals surface area contributed by atoms with Gasteiger partial charge >= 0.3 is 0 Å². The van der Waals surface area contributed by atoms with Gasteiger partial charge in [-0.2, -0.15) is 0 Å². The van der Waals surface area contributed by atoms with Crippen LogP contribution in [0.4, 0.5) is 0 Å². The van der Waals surface area contributed by atoms with Crippen molar-refractivity contribution in [2.75, 3.05) is 0 Å². The quantitative estimate of drug-likeness (QED) is 0.709. The van der Waals surface area contributed by atoms with Crippen molar-refractivity contribution in [3.05, 3.63) is 54.1 Å². The Hall–Kier alpha value is -2.27. The van der Waals surface area contributed by atoms with E-state index < -0.39 is 0 Å². The Kier molecular flexibility index (Phi) is 2.88. The Morgan fingerprint density at radius 3 is 2.31 bits per heavy atom. The van der Waals surface area contributed by atoms with Gasteiger partial charge in [0.1, 0.15) is 5.75 Å². The Labute approximate surface area is 94.7 Å². The van der Waals surface area contributed by atoms with Crippen LogP contribution >= 0.6 is 0 Å². The minimum absolute atomic E-state index is 0.569. The second kappa shape index (κ2) is 4.50. The van der Waals surface area contributed by atoms with Gasteiger partial charge in [-0.25, -0.2) is 0 Å². The summed E-state index contributed by atoms with van der Waals surface area (Å²) in [5.41, 5.74) is 3.56. The fourth-order valence-corrected chi connectivity index (χ4v) is 1.65. The summed E-state index contributed by atoms with van der Waals surface area (Å²) in [4.78, 5) is 0. The molecule has 0 unspecified atom stereocenters. The summed E-state index contributed by atoms with van der Waals surface area (Å²) in [5.74, 6) is 0.569. The van der Waals surface area contributed by atoms with Crippen LogP contribution in [-0.2, 0) is 0 Å². The molecule has 0 amide bonds. The fraction of sp³-hybridized carbons (Fsp3) is 0.0714. The van der Waals surface area contributed by atoms with Crippen LogP contribution < -0.4 is 4.74 Å². The molecule has 0 heterocycles. The molecule has 0 atom stereocenters. The van der Waals surface area contributed by atoms with Crippen molar-refractivity contribution in [2.45, 2.75) is 6.92 Å². The molecule has 0 aromatic heterocycles. The van der Waals surface area contributed by atoms with Gasteiger partial charge in [0.15, 0.2) is 0 Å². The predicted octanol–water partition coefficient (Wildman–Crippen LogP) is 3.52. The van der Waals surface area contributed by atoms with E-state index in [9.17, 15) is 0 Å². The number of ether oxygens (including phenoxy) is 1. The first-order valence-electron chi connectivity index (χ1n) is 5.03. The molecule has 2 aromatic carbocycles. The van der Waals surface area contributed by atoms with Gasteiger partial charge in [0.05, 0.1) is 0 Å². The highest BCUT2D eigenvalue weighted by Gasteiger charge is 2.00. The molecule has 0 aliphatic carbocycles. The lowest BCUT2D eigenvalue weighted by molar-refractivity contribution is 0.507. The van der Waals surface area contributed by atoms with E-state index in [1.807, 2.05) is 24.3 Å². The van der Waals surface area contributed by atoms with Gasteiger partial charge in [-0.1, -0.05) is 36.4 Å². The highest BCUT2D eigenvalue weighted by atomic mass is 16.5. The molecule has 0 radical (unpaired) electrons. The standard InChI is InChI=1S/C14H11NO/c1-11-4-2-3-5-14(11)12-6-8-13(9-7-12)16-10-15/h2-9H,1H3. The number of aryl methyl sites for hydroxylation is 1. The molecule has 2 aromatic rings. The third-order valence-electron chi connectivity index (χ3n) is 2.47. The highest BCUT2D eigenvalue weighted by molar-refractivity contribution is 5.67. The number of nitriles is 1. The van der Waals surface area contributed by atoms with E-state index in [0.29, 0.717) is 5.75 Å². The zero-order valence-electron chi connectivity index (χ0n) is 8.97. The number of nitrogens with zero attached hydrogens (tertiary/aromatic N) is 1. The van der Waals surface area contributed by atoms with Crippen molar-refractivity contribution in [3.63, 3.8) is 0 Å². The average Bonchev–Trinajstić information content (AvgIpc) is 2.31. The molecule has 2 nitrogen and oxygen atoms in total. The summed E-state index contributed by atoms with van der Waals surface area (Å²) in [6.45, 7) is 2.08. The summed E-state index contributed by atoms with van der Waals surface area (Å²) in [6.07, 6.45) is 1.65. The number of rotatable bonds is 2. The van der Waals surface area contributed by atoms with Crippen LogP contribution in [0.25, 0.3) is 11.1 Å². The van der Waals surface area contributed by atoms with Gasteiger partial charge < -0.3 is 4.74 Å². The monoisotopic (exact) mass is 209 g/mol. The molecular formula is C14H11NO. The largest absolute Gasteiger partial charge is 0.388 e. The van der Waals surface area contributed by atoms with Crippen molar-refractivity contribution >= 4 is 0 Å². The molecule has 16 heavy (non-hydrogen) atoms. The molecule has 0 aliphatic heterocycles. The van der Waals surface area contributed by atoms with Gasteiger partial charge in [0, 0.05) is 0 Å². The van der Waals surface area contributed by atoms with Crippen molar-refractivity contribution in [1.82, 2.24) is 0 Å². The third kappa shape index (κ3) is 2.04. The van der Waals surface area contributed by atoms with E-state index >= 15 is 0 Å². The first-order valence-corrected chi connectivity index (χ1v) is 5.03. The van der Waals surface area contributed by atoms with Crippen molar-refractivity contribution in [3.8, 4) is 23.1 Å². The zero-order valence-corrected chi connectivity index (χ0v) is 8.97. The van der Waals surface area contributed by atoms with Crippen molar-refractivity contribution in [2.24, 2.45) is 0 Å². The summed E-state index contributed by atoms with van der Waals surface area (Å²) in [5, 5.41) is 8.38. The molecule has 0 saturated carbocycles. The first-order chi connectivity index (χ1) is 7.81. The van der Waals surface area contributed by atoms with E-state index in [2.05, 4.69) is 19.1 Å². The van der Waals surface area contributed by atoms with Crippen molar-refractivity contribution < 1.29 is 4.74 Å². The molecule has 0 aliphatic rings. The zero-order chi connectivity index (χ0) is 11.4. The maximum Gasteiger partial charge on any atom is 0.292 e. The predicted molar refractivity (Wildman–Crippen MR) is 62.9 cm³/mol. The second-order valence-electron chi connectivity index (χ2n) is 3.53. The highest BCUT2D eigenvalue weighted by Crippen LogP contribution is 2.24. The van der Waals surface area contributed by atoms with E-state index in [0.717, 1.165) is 5.56 Å². The lowest BCUT2D eigenvalue weighted by Crippen LogP contribution is -1.84. The lowest BCUT2D eigenvalue weighted by atomic mass is 10.0. The van der Waals surface area contributed by atoms with Gasteiger partial charge in [0.25, 0.3) is 6.26 Å². The van der Waals surface area contributed by atoms with Gasteiger partial charge in [-0.15, -0.1) is 5.26 Å². The fourth-order valence-electron chi connectivity index (χ4n) is 1.65. The van der Waals surface area contributed by atoms with E-state index in [-0.39, 0.29) is 0 Å². The SMILES string of the molecule is Cc1ccccc1-c1ccc(OC#N)cc1.